The van der Waals surface area contributed by atoms with Crippen molar-refractivity contribution in [1.82, 2.24) is 0 Å². The summed E-state index contributed by atoms with van der Waals surface area (Å²) < 4.78 is 8.06. The smallest absolute Gasteiger partial charge is 0.381 e. The molecule has 4 heavy (non-hydrogen) atoms. The molecule has 0 spiro atoms. The molecule has 0 bridgehead atoms. The van der Waals surface area contributed by atoms with Gasteiger partial charge in [-0.25, -0.2) is 0 Å². The molecule has 0 aromatic rings. The van der Waals surface area contributed by atoms with Crippen molar-refractivity contribution in [2.45, 2.75) is 7.43 Å². The minimum absolute atomic E-state index is 0. The van der Waals surface area contributed by atoms with Gasteiger partial charge >= 0.3 is 10.1 Å². The lowest BCUT2D eigenvalue weighted by atomic mass is 10.8. The van der Waals surface area contributed by atoms with Crippen molar-refractivity contribution < 1.29 is 4.46 Å². The molecule has 0 unspecified atom stereocenters. The minimum atomic E-state index is 0. The van der Waals surface area contributed by atoms with Crippen molar-refractivity contribution in [2.24, 2.45) is 0 Å². The van der Waals surface area contributed by atoms with Gasteiger partial charge in [-0.2, -0.15) is 0 Å². The highest BCUT2D eigenvalue weighted by Gasteiger charge is 0.803. The quantitative estimate of drug-likeness (QED) is 0.360. The Labute approximate surface area is 31.5 Å². The second kappa shape index (κ2) is 2000. The molecule has 0 heterocycles. The molecular weight excluding hydrogens is 66.9 g/mol. The van der Waals surface area contributed by atoms with E-state index in [9.17, 15) is 0 Å². The van der Waals surface area contributed by atoms with Crippen molar-refractivity contribution in [3.8, 4) is 0 Å². The van der Waals surface area contributed by atoms with Crippen molar-refractivity contribution >= 4 is 18.5 Å². The normalized spacial score (nSPS) is 1.00. The Morgan fingerprint density at radius 2 is 1.25 bits per heavy atom. The Bertz CT molecular complexity index is 8.00. The summed E-state index contributed by atoms with van der Waals surface area (Å²) in [6, 6.07) is 0. The third kappa shape index (κ3) is 364. The van der Waals surface area contributed by atoms with E-state index in [1.807, 2.05) is 0 Å². The molecule has 0 atom stereocenters. The van der Waals surface area contributed by atoms with E-state index >= 15 is 0 Å². The van der Waals surface area contributed by atoms with E-state index in [1.54, 1.807) is 10.1 Å². The zero-order valence-electron chi connectivity index (χ0n) is 1.49. The standard InChI is InChI=1S/CH4.B.OSi/c;;1-2/h1H4;;. The molecular formula is CH4BOSi. The van der Waals surface area contributed by atoms with Gasteiger partial charge in [-0.1, -0.05) is 7.43 Å². The highest BCUT2D eigenvalue weighted by atomic mass is 28.1. The molecule has 1 nitrogen and oxygen atoms in total. The third-order valence-electron chi connectivity index (χ3n) is 0. The Balaban J connectivity index is -0.00000000500. The molecule has 0 fully saturated rings. The van der Waals surface area contributed by atoms with Crippen LogP contribution in [0.2, 0.25) is 0 Å². The van der Waals surface area contributed by atoms with Crippen LogP contribution in [0.3, 0.4) is 0 Å². The monoisotopic (exact) mass is 71.0 g/mol. The number of hydrogen-bond donors (Lipinski definition) is 0. The fraction of sp³-hybridized carbons (Fsp3) is 1.00. The molecule has 0 aromatic carbocycles. The summed E-state index contributed by atoms with van der Waals surface area (Å²) >= 11 is 0. The van der Waals surface area contributed by atoms with Crippen LogP contribution in [-0.2, 0) is 4.46 Å². The summed E-state index contributed by atoms with van der Waals surface area (Å²) in [6.45, 7) is 0. The molecule has 0 aliphatic heterocycles. The predicted octanol–water partition coefficient (Wildman–Crippen LogP) is -0.244. The maximum absolute atomic E-state index is 8.06. The molecule has 0 saturated heterocycles. The van der Waals surface area contributed by atoms with Crippen LogP contribution in [0, 0.1) is 0 Å². The van der Waals surface area contributed by atoms with Crippen LogP contribution < -0.4 is 0 Å². The van der Waals surface area contributed by atoms with Gasteiger partial charge in [0, 0.05) is 8.41 Å². The maximum atomic E-state index is 8.06. The van der Waals surface area contributed by atoms with Gasteiger partial charge in [0.2, 0.25) is 0 Å². The Morgan fingerprint density at radius 3 is 1.25 bits per heavy atom. The van der Waals surface area contributed by atoms with Gasteiger partial charge in [0.15, 0.2) is 0 Å². The summed E-state index contributed by atoms with van der Waals surface area (Å²) in [7, 11) is 1.72. The van der Waals surface area contributed by atoms with Crippen molar-refractivity contribution in [3.05, 3.63) is 0 Å². The van der Waals surface area contributed by atoms with Gasteiger partial charge in [0.1, 0.15) is 0 Å². The maximum Gasteiger partial charge on any atom is 0.381 e. The van der Waals surface area contributed by atoms with E-state index in [4.69, 9.17) is 4.46 Å². The first-order chi connectivity index (χ1) is 1.00. The van der Waals surface area contributed by atoms with Crippen molar-refractivity contribution in [3.63, 3.8) is 0 Å². The second-order valence-electron chi connectivity index (χ2n) is 0. The average molecular weight is 70.9 g/mol. The van der Waals surface area contributed by atoms with Crippen LogP contribution in [0.25, 0.3) is 0 Å². The first-order valence-electron chi connectivity index (χ1n) is 0.204. The van der Waals surface area contributed by atoms with Crippen LogP contribution in [0.15, 0.2) is 0 Å². The average Bonchev–Trinajstić information content (AvgIpc) is 1.00. The fourth-order valence-electron chi connectivity index (χ4n) is 0. The largest absolute Gasteiger partial charge is 0.381 e. The minimum Gasteiger partial charge on any atom is -0.381 e. The lowest BCUT2D eigenvalue weighted by Gasteiger charge is -0.803. The number of hydrogen-bond acceptors (Lipinski definition) is 1. The molecule has 3 heteroatoms. The predicted molar refractivity (Wildman–Crippen MR) is 18.9 cm³/mol. The Kier molecular flexibility index (Phi) is 16500. The van der Waals surface area contributed by atoms with Crippen molar-refractivity contribution in [1.29, 1.82) is 0 Å². The molecule has 0 saturated carbocycles. The van der Waals surface area contributed by atoms with Crippen LogP contribution in [0.1, 0.15) is 7.43 Å². The molecule has 5 radical (unpaired) electrons. The molecule has 0 aromatic heterocycles. The molecule has 0 amide bonds. The lowest BCUT2D eigenvalue weighted by Crippen LogP contribution is -0.969. The van der Waals surface area contributed by atoms with Crippen LogP contribution in [-0.4, -0.2) is 18.5 Å². The highest BCUT2D eigenvalue weighted by Crippen LogP contribution is 0.469. The molecule has 0 N–H and O–H groups in total. The zero-order chi connectivity index (χ0) is 2.00. The van der Waals surface area contributed by atoms with Gasteiger partial charge in [-0.05, 0) is 0 Å². The van der Waals surface area contributed by atoms with E-state index in [1.165, 1.54) is 0 Å². The first-order valence-corrected chi connectivity index (χ1v) is 0.612. The molecule has 0 aliphatic rings. The Morgan fingerprint density at radius 1 is 1.25 bits per heavy atom. The summed E-state index contributed by atoms with van der Waals surface area (Å²) in [6.07, 6.45) is 0. The first kappa shape index (κ1) is 33.1. The van der Waals surface area contributed by atoms with Crippen molar-refractivity contribution in [2.75, 3.05) is 0 Å². The zero-order valence-corrected chi connectivity index (χ0v) is 2.49. The molecule has 0 aliphatic carbocycles. The van der Waals surface area contributed by atoms with E-state index in [2.05, 4.69) is 0 Å². The van der Waals surface area contributed by atoms with Gasteiger partial charge < -0.3 is 4.46 Å². The molecule has 21 valence electrons. The van der Waals surface area contributed by atoms with E-state index in [0.717, 1.165) is 0 Å². The van der Waals surface area contributed by atoms with E-state index < -0.39 is 0 Å². The summed E-state index contributed by atoms with van der Waals surface area (Å²) in [4.78, 5) is 0. The van der Waals surface area contributed by atoms with Gasteiger partial charge in [0.25, 0.3) is 0 Å². The highest BCUT2D eigenvalue weighted by molar-refractivity contribution is 5.85. The summed E-state index contributed by atoms with van der Waals surface area (Å²) in [5, 5.41) is 0. The van der Waals surface area contributed by atoms with Gasteiger partial charge in [-0.15, -0.1) is 0 Å². The fourth-order valence-corrected chi connectivity index (χ4v) is 0. The molecule has 0 rings (SSSR count). The van der Waals surface area contributed by atoms with Crippen LogP contribution in [0.4, 0.5) is 0 Å². The van der Waals surface area contributed by atoms with E-state index in [0.29, 0.717) is 0 Å². The third-order valence-corrected chi connectivity index (χ3v) is 0. The summed E-state index contributed by atoms with van der Waals surface area (Å²) in [5.74, 6) is 0. The lowest BCUT2D eigenvalue weighted by molar-refractivity contribution is 0.590. The van der Waals surface area contributed by atoms with Crippen LogP contribution in [0.5, 0.6) is 0 Å². The van der Waals surface area contributed by atoms with Gasteiger partial charge in [0.05, 0.1) is 0 Å². The van der Waals surface area contributed by atoms with Crippen LogP contribution >= 0.6 is 0 Å². The van der Waals surface area contributed by atoms with Gasteiger partial charge in [-0.3, -0.25) is 0 Å². The SMILES string of the molecule is C.O=[Si].[B]. The second-order valence-corrected chi connectivity index (χ2v) is 0. The van der Waals surface area contributed by atoms with E-state index in [-0.39, 0.29) is 15.8 Å². The Hall–Kier alpha value is 0.0818. The summed E-state index contributed by atoms with van der Waals surface area (Å²) in [5.41, 5.74) is 0. The number of rotatable bonds is 0. The topological polar surface area (TPSA) is 17.1 Å².